The molecule has 1 saturated heterocycles. The second-order valence-corrected chi connectivity index (χ2v) is 8.92. The maximum absolute atomic E-state index is 12.5. The average Bonchev–Trinajstić information content (AvgIpc) is 2.85. The minimum Gasteiger partial charge on any atom is -0.481 e. The van der Waals surface area contributed by atoms with Crippen molar-refractivity contribution in [3.8, 4) is 11.5 Å². The quantitative estimate of drug-likeness (QED) is 0.847. The van der Waals surface area contributed by atoms with Crippen LogP contribution >= 0.6 is 11.6 Å². The number of carboxylic acids is 1. The fourth-order valence-corrected chi connectivity index (χ4v) is 5.57. The summed E-state index contributed by atoms with van der Waals surface area (Å²) < 4.78 is 29.4. The van der Waals surface area contributed by atoms with E-state index in [1.807, 2.05) is 0 Å². The summed E-state index contributed by atoms with van der Waals surface area (Å²) in [5.41, 5.74) is 0.496. The number of carboxylic acid groups (broad SMARTS) is 1. The number of sulfone groups is 1. The highest BCUT2D eigenvalue weighted by atomic mass is 35.5. The summed E-state index contributed by atoms with van der Waals surface area (Å²) >= 11 is 5.83. The van der Waals surface area contributed by atoms with Crippen molar-refractivity contribution in [2.45, 2.75) is 24.0 Å². The van der Waals surface area contributed by atoms with Crippen molar-refractivity contribution in [2.75, 3.05) is 5.75 Å². The van der Waals surface area contributed by atoms with Crippen molar-refractivity contribution in [3.05, 3.63) is 59.1 Å². The predicted molar refractivity (Wildman–Crippen MR) is 94.9 cm³/mol. The molecule has 1 N–H and O–H groups in total. The lowest BCUT2D eigenvalue weighted by atomic mass is 9.90. The number of benzene rings is 2. The molecule has 0 aromatic heterocycles. The molecule has 132 valence electrons. The lowest BCUT2D eigenvalue weighted by Crippen LogP contribution is -2.34. The summed E-state index contributed by atoms with van der Waals surface area (Å²) in [6.45, 7) is 0. The third kappa shape index (κ3) is 3.50. The summed E-state index contributed by atoms with van der Waals surface area (Å²) in [5, 5.41) is 9.81. The predicted octanol–water partition coefficient (Wildman–Crippen LogP) is 4.01. The highest BCUT2D eigenvalue weighted by Crippen LogP contribution is 2.45. The summed E-state index contributed by atoms with van der Waals surface area (Å²) in [7, 11) is -3.51. The van der Waals surface area contributed by atoms with Gasteiger partial charge in [-0.15, -0.1) is 0 Å². The zero-order chi connectivity index (χ0) is 18.1. The average molecular weight is 381 g/mol. The molecule has 2 aromatic carbocycles. The Balaban J connectivity index is 1.89. The molecule has 0 amide bonds. The molecule has 5 nitrogen and oxygen atoms in total. The van der Waals surface area contributed by atoms with Crippen molar-refractivity contribution >= 4 is 27.4 Å². The Hall–Kier alpha value is -2.05. The van der Waals surface area contributed by atoms with Gasteiger partial charge < -0.3 is 9.84 Å². The van der Waals surface area contributed by atoms with E-state index in [-0.39, 0.29) is 5.75 Å². The van der Waals surface area contributed by atoms with E-state index in [2.05, 4.69) is 0 Å². The number of halogens is 1. The van der Waals surface area contributed by atoms with Gasteiger partial charge in [-0.2, -0.15) is 0 Å². The van der Waals surface area contributed by atoms with Gasteiger partial charge in [-0.1, -0.05) is 23.7 Å². The van der Waals surface area contributed by atoms with E-state index < -0.39 is 27.0 Å². The van der Waals surface area contributed by atoms with Gasteiger partial charge in [0, 0.05) is 5.02 Å². The molecule has 1 heterocycles. The van der Waals surface area contributed by atoms with Gasteiger partial charge in [0.25, 0.3) is 0 Å². The van der Waals surface area contributed by atoms with Crippen molar-refractivity contribution in [1.29, 1.82) is 0 Å². The van der Waals surface area contributed by atoms with Crippen molar-refractivity contribution < 1.29 is 23.1 Å². The first kappa shape index (κ1) is 17.8. The summed E-state index contributed by atoms with van der Waals surface area (Å²) in [6, 6.07) is 13.4. The standard InChI is InChI=1S/C18H17ClO5S/c19-14-4-8-16(9-5-14)24-15-6-2-13(3-7-15)18(12-17(20)21)10-1-11-25(18,22)23/h2-9H,1,10-12H2,(H,20,21). The Kier molecular flexibility index (Phi) is 4.75. The molecule has 0 saturated carbocycles. The van der Waals surface area contributed by atoms with Crippen LogP contribution < -0.4 is 4.74 Å². The van der Waals surface area contributed by atoms with Gasteiger partial charge in [-0.3, -0.25) is 4.79 Å². The number of aliphatic carboxylic acids is 1. The van der Waals surface area contributed by atoms with E-state index in [0.29, 0.717) is 34.9 Å². The number of hydrogen-bond acceptors (Lipinski definition) is 4. The van der Waals surface area contributed by atoms with E-state index in [1.54, 1.807) is 48.5 Å². The lowest BCUT2D eigenvalue weighted by Gasteiger charge is -2.27. The zero-order valence-corrected chi connectivity index (χ0v) is 14.9. The fourth-order valence-electron chi connectivity index (χ4n) is 3.23. The van der Waals surface area contributed by atoms with Crippen molar-refractivity contribution in [1.82, 2.24) is 0 Å². The first-order valence-electron chi connectivity index (χ1n) is 7.80. The molecule has 2 aromatic rings. The number of carbonyl (C=O) groups is 1. The topological polar surface area (TPSA) is 80.7 Å². The maximum atomic E-state index is 12.5. The van der Waals surface area contributed by atoms with Gasteiger partial charge in [-0.05, 0) is 54.8 Å². The summed E-state index contributed by atoms with van der Waals surface area (Å²) in [6.07, 6.45) is 0.365. The molecule has 1 fully saturated rings. The number of rotatable bonds is 5. The van der Waals surface area contributed by atoms with Crippen LogP contribution in [0.4, 0.5) is 0 Å². The Bertz CT molecular complexity index is 875. The molecule has 0 aliphatic carbocycles. The van der Waals surface area contributed by atoms with Crippen LogP contribution in [0.3, 0.4) is 0 Å². The largest absolute Gasteiger partial charge is 0.481 e. The second kappa shape index (κ2) is 6.69. The molecule has 0 radical (unpaired) electrons. The molecule has 1 aliphatic heterocycles. The van der Waals surface area contributed by atoms with Crippen LogP contribution in [0.15, 0.2) is 48.5 Å². The van der Waals surface area contributed by atoms with Gasteiger partial charge in [0.2, 0.25) is 0 Å². The highest BCUT2D eigenvalue weighted by Gasteiger charge is 2.50. The van der Waals surface area contributed by atoms with Crippen molar-refractivity contribution in [2.24, 2.45) is 0 Å². The minimum atomic E-state index is -3.51. The minimum absolute atomic E-state index is 0.0172. The molecule has 1 unspecified atom stereocenters. The van der Waals surface area contributed by atoms with Gasteiger partial charge in [0.05, 0.1) is 12.2 Å². The van der Waals surface area contributed by atoms with E-state index in [1.165, 1.54) is 0 Å². The van der Waals surface area contributed by atoms with Crippen LogP contribution in [0.25, 0.3) is 0 Å². The molecule has 0 spiro atoms. The molecule has 7 heteroatoms. The smallest absolute Gasteiger partial charge is 0.305 e. The van der Waals surface area contributed by atoms with E-state index in [0.717, 1.165) is 0 Å². The van der Waals surface area contributed by atoms with Crippen LogP contribution in [0.1, 0.15) is 24.8 Å². The van der Waals surface area contributed by atoms with Gasteiger partial charge in [-0.25, -0.2) is 8.42 Å². The number of ether oxygens (including phenoxy) is 1. The van der Waals surface area contributed by atoms with Gasteiger partial charge in [0.15, 0.2) is 9.84 Å². The van der Waals surface area contributed by atoms with Crippen LogP contribution in [0.5, 0.6) is 11.5 Å². The highest BCUT2D eigenvalue weighted by molar-refractivity contribution is 7.92. The third-order valence-electron chi connectivity index (χ3n) is 4.46. The normalized spacial score (nSPS) is 21.8. The van der Waals surface area contributed by atoms with Crippen LogP contribution in [0.2, 0.25) is 5.02 Å². The summed E-state index contributed by atoms with van der Waals surface area (Å²) in [4.78, 5) is 11.3. The van der Waals surface area contributed by atoms with Crippen LogP contribution in [0, 0.1) is 0 Å². The zero-order valence-electron chi connectivity index (χ0n) is 13.3. The van der Waals surface area contributed by atoms with E-state index in [4.69, 9.17) is 16.3 Å². The Labute approximate surface area is 151 Å². The Morgan fingerprint density at radius 1 is 1.08 bits per heavy atom. The first-order chi connectivity index (χ1) is 11.8. The maximum Gasteiger partial charge on any atom is 0.305 e. The van der Waals surface area contributed by atoms with E-state index in [9.17, 15) is 18.3 Å². The molecular weight excluding hydrogens is 364 g/mol. The van der Waals surface area contributed by atoms with Crippen molar-refractivity contribution in [3.63, 3.8) is 0 Å². The SMILES string of the molecule is O=C(O)CC1(c2ccc(Oc3ccc(Cl)cc3)cc2)CCCS1(=O)=O. The van der Waals surface area contributed by atoms with Crippen LogP contribution in [-0.4, -0.2) is 25.2 Å². The molecule has 0 bridgehead atoms. The van der Waals surface area contributed by atoms with Gasteiger partial charge >= 0.3 is 5.97 Å². The molecule has 3 rings (SSSR count). The molecule has 25 heavy (non-hydrogen) atoms. The van der Waals surface area contributed by atoms with E-state index >= 15 is 0 Å². The molecule has 1 atom stereocenters. The monoisotopic (exact) mass is 380 g/mol. The van der Waals surface area contributed by atoms with Crippen LogP contribution in [-0.2, 0) is 19.4 Å². The van der Waals surface area contributed by atoms with Gasteiger partial charge in [0.1, 0.15) is 16.2 Å². The fraction of sp³-hybridized carbons (Fsp3) is 0.278. The third-order valence-corrected chi connectivity index (χ3v) is 7.31. The summed E-state index contributed by atoms with van der Waals surface area (Å²) in [5.74, 6) is 0.0355. The number of hydrogen-bond donors (Lipinski definition) is 1. The Morgan fingerprint density at radius 2 is 1.64 bits per heavy atom. The lowest BCUT2D eigenvalue weighted by molar-refractivity contribution is -0.137. The Morgan fingerprint density at radius 3 is 2.12 bits per heavy atom. The first-order valence-corrected chi connectivity index (χ1v) is 9.83. The molecule has 1 aliphatic rings. The second-order valence-electron chi connectivity index (χ2n) is 6.07. The molecular formula is C18H17ClO5S.